The molecule has 1 aromatic heterocycles. The van der Waals surface area contributed by atoms with Crippen LogP contribution >= 0.6 is 0 Å². The lowest BCUT2D eigenvalue weighted by Gasteiger charge is -2.20. The molecule has 0 aliphatic rings. The lowest BCUT2D eigenvalue weighted by atomic mass is 10.2. The van der Waals surface area contributed by atoms with Crippen molar-refractivity contribution in [2.45, 2.75) is 6.92 Å². The molecule has 7 nitrogen and oxygen atoms in total. The number of nitrogens with zero attached hydrogens (tertiary/aromatic N) is 3. The fourth-order valence-corrected chi connectivity index (χ4v) is 2.87. The van der Waals surface area contributed by atoms with Crippen LogP contribution in [0.5, 0.6) is 17.2 Å². The molecule has 0 saturated carbocycles. The quantitative estimate of drug-likeness (QED) is 0.654. The van der Waals surface area contributed by atoms with Crippen molar-refractivity contribution in [1.82, 2.24) is 9.97 Å². The van der Waals surface area contributed by atoms with Gasteiger partial charge in [0.25, 0.3) is 0 Å². The van der Waals surface area contributed by atoms with Gasteiger partial charge in [0, 0.05) is 36.6 Å². The number of aromatic nitrogens is 2. The average Bonchev–Trinajstić information content (AvgIpc) is 2.72. The van der Waals surface area contributed by atoms with Gasteiger partial charge in [-0.3, -0.25) is 0 Å². The maximum atomic E-state index is 5.41. The van der Waals surface area contributed by atoms with Crippen molar-refractivity contribution in [2.24, 2.45) is 0 Å². The summed E-state index contributed by atoms with van der Waals surface area (Å²) < 4.78 is 16.2. The third kappa shape index (κ3) is 4.09. The molecule has 0 amide bonds. The molecule has 146 valence electrons. The molecule has 0 atom stereocenters. The smallest absolute Gasteiger partial charge is 0.203 e. The zero-order valence-electron chi connectivity index (χ0n) is 16.7. The molecule has 0 aliphatic carbocycles. The number of para-hydroxylation sites is 1. The predicted octanol–water partition coefficient (Wildman–Crippen LogP) is 4.32. The van der Waals surface area contributed by atoms with E-state index in [0.29, 0.717) is 28.9 Å². The molecule has 0 saturated heterocycles. The zero-order valence-corrected chi connectivity index (χ0v) is 16.7. The normalized spacial score (nSPS) is 10.3. The second-order valence-electron chi connectivity index (χ2n) is 6.09. The number of aryl methyl sites for hydroxylation is 1. The number of nitrogens with one attached hydrogen (secondary N) is 1. The van der Waals surface area contributed by atoms with Crippen molar-refractivity contribution < 1.29 is 14.2 Å². The fraction of sp³-hybridized carbons (Fsp3) is 0.238. The first-order valence-corrected chi connectivity index (χ1v) is 8.77. The molecule has 0 unspecified atom stereocenters. The largest absolute Gasteiger partial charge is 0.493 e. The van der Waals surface area contributed by atoms with Crippen LogP contribution in [0, 0.1) is 6.92 Å². The molecule has 28 heavy (non-hydrogen) atoms. The summed E-state index contributed by atoms with van der Waals surface area (Å²) in [5.74, 6) is 3.79. The van der Waals surface area contributed by atoms with E-state index in [4.69, 9.17) is 14.2 Å². The van der Waals surface area contributed by atoms with Crippen molar-refractivity contribution in [3.05, 3.63) is 54.4 Å². The van der Waals surface area contributed by atoms with Crippen LogP contribution in [0.25, 0.3) is 0 Å². The van der Waals surface area contributed by atoms with E-state index in [9.17, 15) is 0 Å². The first-order valence-electron chi connectivity index (χ1n) is 8.77. The summed E-state index contributed by atoms with van der Waals surface area (Å²) in [6.45, 7) is 1.86. The number of anilines is 4. The Morgan fingerprint density at radius 3 is 2.07 bits per heavy atom. The summed E-state index contributed by atoms with van der Waals surface area (Å²) in [5.41, 5.74) is 1.81. The van der Waals surface area contributed by atoms with Gasteiger partial charge in [-0.2, -0.15) is 0 Å². The predicted molar refractivity (Wildman–Crippen MR) is 111 cm³/mol. The number of benzene rings is 2. The topological polar surface area (TPSA) is 68.7 Å². The Bertz CT molecular complexity index is 923. The SMILES string of the molecule is COc1cc(Nc2cc(N(C)c3ccccc3)nc(C)n2)cc(OC)c1OC. The Labute approximate surface area is 164 Å². The Morgan fingerprint density at radius 1 is 0.857 bits per heavy atom. The van der Waals surface area contributed by atoms with Gasteiger partial charge in [0.2, 0.25) is 5.75 Å². The minimum atomic E-state index is 0.541. The number of hydrogen-bond acceptors (Lipinski definition) is 7. The molecule has 3 rings (SSSR count). The number of hydrogen-bond donors (Lipinski definition) is 1. The summed E-state index contributed by atoms with van der Waals surface area (Å²) in [7, 11) is 6.72. The van der Waals surface area contributed by atoms with Gasteiger partial charge in [0.1, 0.15) is 17.5 Å². The molecule has 2 aromatic carbocycles. The monoisotopic (exact) mass is 380 g/mol. The molecule has 0 bridgehead atoms. The van der Waals surface area contributed by atoms with E-state index in [1.807, 2.05) is 67.4 Å². The lowest BCUT2D eigenvalue weighted by molar-refractivity contribution is 0.324. The van der Waals surface area contributed by atoms with E-state index >= 15 is 0 Å². The average molecular weight is 380 g/mol. The highest BCUT2D eigenvalue weighted by Gasteiger charge is 2.14. The summed E-state index contributed by atoms with van der Waals surface area (Å²) in [5, 5.41) is 3.30. The van der Waals surface area contributed by atoms with E-state index in [0.717, 1.165) is 17.2 Å². The van der Waals surface area contributed by atoms with Crippen LogP contribution in [0.15, 0.2) is 48.5 Å². The van der Waals surface area contributed by atoms with Gasteiger partial charge in [-0.1, -0.05) is 18.2 Å². The van der Waals surface area contributed by atoms with Gasteiger partial charge in [-0.15, -0.1) is 0 Å². The van der Waals surface area contributed by atoms with E-state index in [-0.39, 0.29) is 0 Å². The van der Waals surface area contributed by atoms with E-state index in [1.54, 1.807) is 21.3 Å². The van der Waals surface area contributed by atoms with Gasteiger partial charge < -0.3 is 24.4 Å². The Balaban J connectivity index is 1.94. The van der Waals surface area contributed by atoms with Gasteiger partial charge in [-0.25, -0.2) is 9.97 Å². The second kappa shape index (κ2) is 8.47. The summed E-state index contributed by atoms with van der Waals surface area (Å²) in [6.07, 6.45) is 0. The van der Waals surface area contributed by atoms with E-state index in [1.165, 1.54) is 0 Å². The fourth-order valence-electron chi connectivity index (χ4n) is 2.87. The van der Waals surface area contributed by atoms with Gasteiger partial charge in [0.15, 0.2) is 11.5 Å². The van der Waals surface area contributed by atoms with Crippen molar-refractivity contribution in [1.29, 1.82) is 0 Å². The van der Waals surface area contributed by atoms with Gasteiger partial charge in [0.05, 0.1) is 21.3 Å². The van der Waals surface area contributed by atoms with E-state index < -0.39 is 0 Å². The summed E-state index contributed by atoms with van der Waals surface area (Å²) in [6, 6.07) is 15.6. The molecule has 0 aliphatic heterocycles. The van der Waals surface area contributed by atoms with Crippen LogP contribution in [0.1, 0.15) is 5.82 Å². The molecular formula is C21H24N4O3. The Hall–Kier alpha value is -3.48. The Morgan fingerprint density at radius 2 is 1.50 bits per heavy atom. The highest BCUT2D eigenvalue weighted by atomic mass is 16.5. The number of ether oxygens (including phenoxy) is 3. The maximum Gasteiger partial charge on any atom is 0.203 e. The van der Waals surface area contributed by atoms with Gasteiger partial charge >= 0.3 is 0 Å². The van der Waals surface area contributed by atoms with E-state index in [2.05, 4.69) is 15.3 Å². The van der Waals surface area contributed by atoms with Crippen LogP contribution < -0.4 is 24.4 Å². The van der Waals surface area contributed by atoms with Crippen LogP contribution in [-0.2, 0) is 0 Å². The first kappa shape index (κ1) is 19.3. The van der Waals surface area contributed by atoms with Crippen LogP contribution in [-0.4, -0.2) is 38.3 Å². The number of methoxy groups -OCH3 is 3. The minimum absolute atomic E-state index is 0.541. The maximum absolute atomic E-state index is 5.41. The molecular weight excluding hydrogens is 356 g/mol. The molecule has 0 fully saturated rings. The molecule has 1 N–H and O–H groups in total. The standard InChI is InChI=1S/C21H24N4O3/c1-14-22-19(13-20(23-14)25(2)16-9-7-6-8-10-16)24-15-11-17(26-3)21(28-5)18(12-15)27-4/h6-13H,1-5H3,(H,22,23,24). The lowest BCUT2D eigenvalue weighted by Crippen LogP contribution is -2.12. The Kier molecular flexibility index (Phi) is 5.84. The summed E-state index contributed by atoms with van der Waals surface area (Å²) >= 11 is 0. The highest BCUT2D eigenvalue weighted by Crippen LogP contribution is 2.40. The van der Waals surface area contributed by atoms with Gasteiger partial charge in [-0.05, 0) is 19.1 Å². The third-order valence-corrected chi connectivity index (χ3v) is 4.25. The third-order valence-electron chi connectivity index (χ3n) is 4.25. The summed E-state index contributed by atoms with van der Waals surface area (Å²) in [4.78, 5) is 11.1. The zero-order chi connectivity index (χ0) is 20.1. The van der Waals surface area contributed by atoms with Crippen molar-refractivity contribution in [3.8, 4) is 17.2 Å². The van der Waals surface area contributed by atoms with Crippen molar-refractivity contribution in [2.75, 3.05) is 38.6 Å². The molecule has 1 heterocycles. The molecule has 0 radical (unpaired) electrons. The number of rotatable bonds is 7. The first-order chi connectivity index (χ1) is 13.5. The van der Waals surface area contributed by atoms with Crippen LogP contribution in [0.2, 0.25) is 0 Å². The molecule has 0 spiro atoms. The van der Waals surface area contributed by atoms with Crippen molar-refractivity contribution >= 4 is 23.0 Å². The highest BCUT2D eigenvalue weighted by molar-refractivity contribution is 5.69. The van der Waals surface area contributed by atoms with Crippen molar-refractivity contribution in [3.63, 3.8) is 0 Å². The van der Waals surface area contributed by atoms with Crippen LogP contribution in [0.4, 0.5) is 23.0 Å². The van der Waals surface area contributed by atoms with Crippen LogP contribution in [0.3, 0.4) is 0 Å². The molecule has 7 heteroatoms. The molecule has 3 aromatic rings. The minimum Gasteiger partial charge on any atom is -0.493 e. The second-order valence-corrected chi connectivity index (χ2v) is 6.09.